The van der Waals surface area contributed by atoms with E-state index < -0.39 is 0 Å². The van der Waals surface area contributed by atoms with Gasteiger partial charge in [-0.1, -0.05) is 34.1 Å². The van der Waals surface area contributed by atoms with Crippen LogP contribution < -0.4 is 0 Å². The Bertz CT molecular complexity index is 613. The molecule has 0 spiro atoms. The van der Waals surface area contributed by atoms with Crippen molar-refractivity contribution >= 4 is 33.5 Å². The second-order valence-corrected chi connectivity index (χ2v) is 6.01. The summed E-state index contributed by atoms with van der Waals surface area (Å²) in [6.07, 6.45) is 0. The molecule has 0 aliphatic rings. The summed E-state index contributed by atoms with van der Waals surface area (Å²) in [5.41, 5.74) is 1.74. The van der Waals surface area contributed by atoms with Crippen molar-refractivity contribution in [2.24, 2.45) is 0 Å². The largest absolute Gasteiger partial charge is 0.295 e. The van der Waals surface area contributed by atoms with E-state index in [0.29, 0.717) is 5.56 Å². The van der Waals surface area contributed by atoms with Crippen LogP contribution in [0.15, 0.2) is 51.8 Å². The van der Waals surface area contributed by atoms with Crippen molar-refractivity contribution in [2.75, 3.05) is 0 Å². The van der Waals surface area contributed by atoms with Crippen LogP contribution in [0, 0.1) is 5.82 Å². The summed E-state index contributed by atoms with van der Waals surface area (Å²) in [6, 6.07) is 12.2. The Kier molecular flexibility index (Phi) is 4.77. The van der Waals surface area contributed by atoms with Gasteiger partial charge in [-0.2, -0.15) is 0 Å². The molecule has 0 heterocycles. The first-order valence-corrected chi connectivity index (χ1v) is 7.52. The van der Waals surface area contributed by atoms with Gasteiger partial charge in [-0.15, -0.1) is 11.8 Å². The molecule has 0 aromatic heterocycles. The van der Waals surface area contributed by atoms with E-state index in [1.54, 1.807) is 30.8 Å². The standard InChI is InChI=1S/C15H12BrFOS/c1-10(18)11-3-2-4-14(7-11)19-9-12-5-6-13(17)8-15(12)16/h2-8H,9H2,1H3. The Labute approximate surface area is 124 Å². The maximum Gasteiger partial charge on any atom is 0.159 e. The minimum atomic E-state index is -0.251. The van der Waals surface area contributed by atoms with Crippen molar-refractivity contribution in [3.63, 3.8) is 0 Å². The summed E-state index contributed by atoms with van der Waals surface area (Å²) in [4.78, 5) is 12.3. The zero-order valence-electron chi connectivity index (χ0n) is 10.3. The summed E-state index contributed by atoms with van der Waals surface area (Å²) < 4.78 is 13.7. The average Bonchev–Trinajstić information content (AvgIpc) is 2.38. The molecule has 0 unspecified atom stereocenters. The molecule has 0 fully saturated rings. The summed E-state index contributed by atoms with van der Waals surface area (Å²) in [7, 11) is 0. The van der Waals surface area contributed by atoms with Crippen LogP contribution in [0.5, 0.6) is 0 Å². The van der Waals surface area contributed by atoms with Crippen LogP contribution in [-0.4, -0.2) is 5.78 Å². The summed E-state index contributed by atoms with van der Waals surface area (Å²) in [5.74, 6) is 0.534. The van der Waals surface area contributed by atoms with Crippen LogP contribution in [0.3, 0.4) is 0 Å². The summed E-state index contributed by atoms with van der Waals surface area (Å²) >= 11 is 4.97. The van der Waals surface area contributed by atoms with Crippen molar-refractivity contribution in [1.29, 1.82) is 0 Å². The molecule has 0 saturated heterocycles. The fourth-order valence-electron chi connectivity index (χ4n) is 1.60. The van der Waals surface area contributed by atoms with Gasteiger partial charge >= 0.3 is 0 Å². The fraction of sp³-hybridized carbons (Fsp3) is 0.133. The minimum absolute atomic E-state index is 0.0606. The van der Waals surface area contributed by atoms with E-state index in [1.165, 1.54) is 12.1 Å². The highest BCUT2D eigenvalue weighted by molar-refractivity contribution is 9.10. The van der Waals surface area contributed by atoms with Crippen molar-refractivity contribution in [2.45, 2.75) is 17.6 Å². The maximum absolute atomic E-state index is 13.0. The van der Waals surface area contributed by atoms with Gasteiger partial charge in [0.25, 0.3) is 0 Å². The normalized spacial score (nSPS) is 10.5. The highest BCUT2D eigenvalue weighted by atomic mass is 79.9. The van der Waals surface area contributed by atoms with Crippen molar-refractivity contribution in [3.8, 4) is 0 Å². The molecule has 19 heavy (non-hydrogen) atoms. The number of Topliss-reactive ketones (excluding diaryl/α,β-unsaturated/α-hetero) is 1. The van der Waals surface area contributed by atoms with Crippen molar-refractivity contribution in [3.05, 3.63) is 63.9 Å². The van der Waals surface area contributed by atoms with Crippen molar-refractivity contribution in [1.82, 2.24) is 0 Å². The number of carbonyl (C=O) groups excluding carboxylic acids is 1. The Balaban J connectivity index is 2.10. The second-order valence-electron chi connectivity index (χ2n) is 4.11. The number of ketones is 1. The fourth-order valence-corrected chi connectivity index (χ4v) is 3.24. The van der Waals surface area contributed by atoms with Crippen LogP contribution in [0.2, 0.25) is 0 Å². The van der Waals surface area contributed by atoms with Crippen LogP contribution >= 0.6 is 27.7 Å². The lowest BCUT2D eigenvalue weighted by atomic mass is 10.2. The zero-order valence-corrected chi connectivity index (χ0v) is 12.7. The topological polar surface area (TPSA) is 17.1 Å². The van der Waals surface area contributed by atoms with Crippen LogP contribution in [-0.2, 0) is 5.75 Å². The number of hydrogen-bond acceptors (Lipinski definition) is 2. The molecular weight excluding hydrogens is 327 g/mol. The third-order valence-electron chi connectivity index (χ3n) is 2.65. The van der Waals surface area contributed by atoms with Gasteiger partial charge < -0.3 is 0 Å². The molecule has 0 bridgehead atoms. The highest BCUT2D eigenvalue weighted by Gasteiger charge is 2.04. The van der Waals surface area contributed by atoms with Crippen LogP contribution in [0.1, 0.15) is 22.8 Å². The molecule has 0 radical (unpaired) electrons. The lowest BCUT2D eigenvalue weighted by Crippen LogP contribution is -1.91. The first-order chi connectivity index (χ1) is 9.06. The Morgan fingerprint density at radius 1 is 1.26 bits per heavy atom. The van der Waals surface area contributed by atoms with E-state index in [-0.39, 0.29) is 11.6 Å². The molecule has 1 nitrogen and oxygen atoms in total. The molecule has 4 heteroatoms. The zero-order chi connectivity index (χ0) is 13.8. The number of carbonyl (C=O) groups is 1. The van der Waals surface area contributed by atoms with Gasteiger partial charge in [-0.25, -0.2) is 4.39 Å². The van der Waals surface area contributed by atoms with E-state index >= 15 is 0 Å². The molecular formula is C15H12BrFOS. The summed E-state index contributed by atoms with van der Waals surface area (Å²) in [6.45, 7) is 1.56. The second kappa shape index (κ2) is 6.35. The third-order valence-corrected chi connectivity index (χ3v) is 4.43. The van der Waals surface area contributed by atoms with Crippen molar-refractivity contribution < 1.29 is 9.18 Å². The monoisotopic (exact) mass is 338 g/mol. The van der Waals surface area contributed by atoms with E-state index in [4.69, 9.17) is 0 Å². The molecule has 0 atom stereocenters. The first kappa shape index (κ1) is 14.3. The number of thioether (sulfide) groups is 1. The Morgan fingerprint density at radius 2 is 2.05 bits per heavy atom. The molecule has 0 aliphatic heterocycles. The molecule has 2 aromatic rings. The molecule has 2 aromatic carbocycles. The van der Waals surface area contributed by atoms with Crippen LogP contribution in [0.4, 0.5) is 4.39 Å². The van der Waals surface area contributed by atoms with E-state index in [2.05, 4.69) is 15.9 Å². The minimum Gasteiger partial charge on any atom is -0.295 e. The van der Waals surface area contributed by atoms with Gasteiger partial charge in [-0.3, -0.25) is 4.79 Å². The molecule has 0 amide bonds. The Hall–Kier alpha value is -1.13. The number of rotatable bonds is 4. The Morgan fingerprint density at radius 3 is 2.74 bits per heavy atom. The number of halogens is 2. The van der Waals surface area contributed by atoms with Crippen LogP contribution in [0.25, 0.3) is 0 Å². The number of benzene rings is 2. The molecule has 98 valence electrons. The molecule has 0 aliphatic carbocycles. The number of hydrogen-bond donors (Lipinski definition) is 0. The first-order valence-electron chi connectivity index (χ1n) is 5.74. The third kappa shape index (κ3) is 3.91. The quantitative estimate of drug-likeness (QED) is 0.571. The van der Waals surface area contributed by atoms with E-state index in [9.17, 15) is 9.18 Å². The highest BCUT2D eigenvalue weighted by Crippen LogP contribution is 2.28. The predicted octanol–water partition coefficient (Wildman–Crippen LogP) is 5.08. The van der Waals surface area contributed by atoms with Gasteiger partial charge in [-0.05, 0) is 36.8 Å². The SMILES string of the molecule is CC(=O)c1cccc(SCc2ccc(F)cc2Br)c1. The predicted molar refractivity (Wildman–Crippen MR) is 80.1 cm³/mol. The molecule has 2 rings (SSSR count). The lowest BCUT2D eigenvalue weighted by molar-refractivity contribution is 0.101. The molecule has 0 N–H and O–H groups in total. The maximum atomic E-state index is 13.0. The van der Waals surface area contributed by atoms with E-state index in [0.717, 1.165) is 20.7 Å². The summed E-state index contributed by atoms with van der Waals surface area (Å²) in [5, 5.41) is 0. The van der Waals surface area contributed by atoms with Gasteiger partial charge in [0.2, 0.25) is 0 Å². The van der Waals surface area contributed by atoms with Gasteiger partial charge in [0.15, 0.2) is 5.78 Å². The molecule has 0 saturated carbocycles. The van der Waals surface area contributed by atoms with Gasteiger partial charge in [0.05, 0.1) is 0 Å². The van der Waals surface area contributed by atoms with E-state index in [1.807, 2.05) is 18.2 Å². The smallest absolute Gasteiger partial charge is 0.159 e. The van der Waals surface area contributed by atoms with Gasteiger partial charge in [0.1, 0.15) is 5.82 Å². The van der Waals surface area contributed by atoms with Gasteiger partial charge in [0, 0.05) is 20.7 Å². The lowest BCUT2D eigenvalue weighted by Gasteiger charge is -2.06. The average molecular weight is 339 g/mol.